The summed E-state index contributed by atoms with van der Waals surface area (Å²) in [6, 6.07) is 7.39. The van der Waals surface area contributed by atoms with Crippen molar-refractivity contribution in [2.45, 2.75) is 11.8 Å². The molecule has 0 saturated heterocycles. The van der Waals surface area contributed by atoms with E-state index in [0.717, 1.165) is 10.6 Å². The van der Waals surface area contributed by atoms with Gasteiger partial charge in [0, 0.05) is 0 Å². The highest BCUT2D eigenvalue weighted by atomic mass is 32.2. The Morgan fingerprint density at radius 1 is 1.42 bits per heavy atom. The zero-order chi connectivity index (χ0) is 8.97. The van der Waals surface area contributed by atoms with Crippen LogP contribution in [0.4, 0.5) is 0 Å². The monoisotopic (exact) mass is 184 g/mol. The Morgan fingerprint density at radius 2 is 2.08 bits per heavy atom. The first-order valence-electron chi connectivity index (χ1n) is 3.81. The summed E-state index contributed by atoms with van der Waals surface area (Å²) >= 11 is -0.967. The molecule has 1 aromatic carbocycles. The third-order valence-corrected chi connectivity index (χ3v) is 2.42. The molecule has 0 heterocycles. The van der Waals surface area contributed by atoms with Crippen LogP contribution in [0.1, 0.15) is 6.92 Å². The Bertz CT molecular complexity index is 248. The zero-order valence-corrected chi connectivity index (χ0v) is 8.06. The first kappa shape index (κ1) is 9.42. The first-order valence-corrected chi connectivity index (χ1v) is 5.36. The van der Waals surface area contributed by atoms with Crippen LogP contribution in [0.2, 0.25) is 0 Å². The van der Waals surface area contributed by atoms with Gasteiger partial charge in [0.1, 0.15) is 6.26 Å². The van der Waals surface area contributed by atoms with Crippen LogP contribution >= 0.6 is 0 Å². The van der Waals surface area contributed by atoms with E-state index in [1.807, 2.05) is 31.2 Å². The summed E-state index contributed by atoms with van der Waals surface area (Å²) < 4.78 is 16.5. The van der Waals surface area contributed by atoms with Gasteiger partial charge in [-0.1, -0.05) is 12.1 Å². The van der Waals surface area contributed by atoms with Crippen molar-refractivity contribution in [1.29, 1.82) is 0 Å². The van der Waals surface area contributed by atoms with E-state index in [9.17, 15) is 4.55 Å². The second-order valence-corrected chi connectivity index (χ2v) is 3.68. The number of rotatable bonds is 3. The van der Waals surface area contributed by atoms with Crippen molar-refractivity contribution in [2.75, 3.05) is 12.9 Å². The van der Waals surface area contributed by atoms with Crippen LogP contribution in [0.15, 0.2) is 29.2 Å². The zero-order valence-electron chi connectivity index (χ0n) is 7.24. The van der Waals surface area contributed by atoms with E-state index >= 15 is 0 Å². The van der Waals surface area contributed by atoms with Crippen molar-refractivity contribution < 1.29 is 9.29 Å². The summed E-state index contributed by atoms with van der Waals surface area (Å²) in [4.78, 5) is 0.763. The molecule has 0 radical (unpaired) electrons. The minimum atomic E-state index is -0.967. The molecule has 0 aliphatic rings. The lowest BCUT2D eigenvalue weighted by atomic mass is 10.3. The van der Waals surface area contributed by atoms with Crippen LogP contribution in [0.5, 0.6) is 5.75 Å². The molecule has 1 aromatic rings. The molecule has 0 spiro atoms. The van der Waals surface area contributed by atoms with Gasteiger partial charge in [-0.15, -0.1) is 0 Å². The highest BCUT2D eigenvalue weighted by Crippen LogP contribution is 2.22. The van der Waals surface area contributed by atoms with Gasteiger partial charge in [-0.3, -0.25) is 0 Å². The van der Waals surface area contributed by atoms with Gasteiger partial charge in [0.25, 0.3) is 0 Å². The lowest BCUT2D eigenvalue weighted by molar-refractivity contribution is 0.331. The fourth-order valence-electron chi connectivity index (χ4n) is 0.962. The Hall–Kier alpha value is -0.670. The number of para-hydroxylation sites is 1. The average molecular weight is 184 g/mol. The molecule has 0 saturated carbocycles. The average Bonchev–Trinajstić information content (AvgIpc) is 2.05. The highest BCUT2D eigenvalue weighted by Gasteiger charge is 2.10. The predicted molar refractivity (Wildman–Crippen MR) is 49.9 cm³/mol. The molecule has 0 aliphatic carbocycles. The molecule has 0 aliphatic heterocycles. The van der Waals surface area contributed by atoms with Crippen molar-refractivity contribution in [3.63, 3.8) is 0 Å². The molecule has 0 N–H and O–H groups in total. The quantitative estimate of drug-likeness (QED) is 0.671. The third kappa shape index (κ3) is 2.16. The predicted octanol–water partition coefficient (Wildman–Crippen LogP) is 1.82. The second-order valence-electron chi connectivity index (χ2n) is 2.33. The van der Waals surface area contributed by atoms with E-state index < -0.39 is 11.2 Å². The SMILES string of the molecule is CCOc1ccccc1[S+](C)[O-]. The van der Waals surface area contributed by atoms with Gasteiger partial charge in [-0.05, 0) is 30.2 Å². The second kappa shape index (κ2) is 4.38. The summed E-state index contributed by atoms with van der Waals surface area (Å²) in [5.74, 6) is 0.723. The maximum Gasteiger partial charge on any atom is 0.194 e. The Labute approximate surface area is 75.7 Å². The summed E-state index contributed by atoms with van der Waals surface area (Å²) in [5, 5.41) is 0. The van der Waals surface area contributed by atoms with Crippen molar-refractivity contribution in [1.82, 2.24) is 0 Å². The summed E-state index contributed by atoms with van der Waals surface area (Å²) in [7, 11) is 0. The van der Waals surface area contributed by atoms with E-state index in [-0.39, 0.29) is 0 Å². The largest absolute Gasteiger partial charge is 0.612 e. The van der Waals surface area contributed by atoms with Gasteiger partial charge < -0.3 is 9.29 Å². The number of hydrogen-bond donors (Lipinski definition) is 0. The minimum absolute atomic E-state index is 0.605. The summed E-state index contributed by atoms with van der Waals surface area (Å²) in [6.45, 7) is 2.52. The van der Waals surface area contributed by atoms with Crippen molar-refractivity contribution in [3.05, 3.63) is 24.3 Å². The normalized spacial score (nSPS) is 12.6. The Balaban J connectivity index is 2.92. The van der Waals surface area contributed by atoms with E-state index in [2.05, 4.69) is 0 Å². The molecule has 2 nitrogen and oxygen atoms in total. The van der Waals surface area contributed by atoms with Crippen molar-refractivity contribution >= 4 is 11.2 Å². The van der Waals surface area contributed by atoms with Crippen LogP contribution in [-0.2, 0) is 11.2 Å². The first-order chi connectivity index (χ1) is 5.75. The Morgan fingerprint density at radius 3 is 2.67 bits per heavy atom. The van der Waals surface area contributed by atoms with Crippen LogP contribution < -0.4 is 4.74 Å². The highest BCUT2D eigenvalue weighted by molar-refractivity contribution is 7.90. The molecule has 0 fully saturated rings. The van der Waals surface area contributed by atoms with Gasteiger partial charge in [0.2, 0.25) is 0 Å². The van der Waals surface area contributed by atoms with Crippen molar-refractivity contribution in [3.8, 4) is 5.75 Å². The minimum Gasteiger partial charge on any atom is -0.612 e. The van der Waals surface area contributed by atoms with E-state index in [4.69, 9.17) is 4.74 Å². The molecule has 0 aromatic heterocycles. The Kier molecular flexibility index (Phi) is 3.44. The molecule has 1 unspecified atom stereocenters. The van der Waals surface area contributed by atoms with E-state index in [1.54, 1.807) is 6.26 Å². The van der Waals surface area contributed by atoms with Crippen LogP contribution in [0, 0.1) is 0 Å². The lowest BCUT2D eigenvalue weighted by Gasteiger charge is -2.09. The molecule has 1 rings (SSSR count). The third-order valence-electron chi connectivity index (χ3n) is 1.46. The molecule has 66 valence electrons. The van der Waals surface area contributed by atoms with E-state index in [1.165, 1.54) is 0 Å². The smallest absolute Gasteiger partial charge is 0.194 e. The van der Waals surface area contributed by atoms with E-state index in [0.29, 0.717) is 6.61 Å². The summed E-state index contributed by atoms with van der Waals surface area (Å²) in [5.41, 5.74) is 0. The number of hydrogen-bond acceptors (Lipinski definition) is 2. The van der Waals surface area contributed by atoms with Crippen LogP contribution in [0.25, 0.3) is 0 Å². The summed E-state index contributed by atoms with van der Waals surface area (Å²) in [6.07, 6.45) is 1.65. The number of ether oxygens (including phenoxy) is 1. The molecule has 0 bridgehead atoms. The van der Waals surface area contributed by atoms with Crippen LogP contribution in [-0.4, -0.2) is 17.4 Å². The maximum atomic E-state index is 11.2. The van der Waals surface area contributed by atoms with Crippen molar-refractivity contribution in [2.24, 2.45) is 0 Å². The van der Waals surface area contributed by atoms with Crippen LogP contribution in [0.3, 0.4) is 0 Å². The number of benzene rings is 1. The van der Waals surface area contributed by atoms with Gasteiger partial charge in [0.05, 0.1) is 6.61 Å². The molecule has 0 amide bonds. The molecular formula is C9H12O2S. The fraction of sp³-hybridized carbons (Fsp3) is 0.333. The fourth-order valence-corrected chi connectivity index (χ4v) is 1.64. The molecule has 3 heteroatoms. The lowest BCUT2D eigenvalue weighted by Crippen LogP contribution is -2.02. The standard InChI is InChI=1S/C9H12O2S/c1-3-11-8-6-4-5-7-9(8)12(2)10/h4-7H,3H2,1-2H3. The van der Waals surface area contributed by atoms with Gasteiger partial charge in [0.15, 0.2) is 10.6 Å². The molecule has 1 atom stereocenters. The molecule has 12 heavy (non-hydrogen) atoms. The topological polar surface area (TPSA) is 32.3 Å². The van der Waals surface area contributed by atoms with Gasteiger partial charge in [-0.25, -0.2) is 0 Å². The molecular weight excluding hydrogens is 172 g/mol. The maximum absolute atomic E-state index is 11.2. The van der Waals surface area contributed by atoms with Gasteiger partial charge in [-0.2, -0.15) is 0 Å². The van der Waals surface area contributed by atoms with Gasteiger partial charge >= 0.3 is 0 Å².